The SMILES string of the molecule is Cc1ccc(C[C@H](C#N)Sc2nc3ccccc3c(=O)n2CC(C)C)cc1. The summed E-state index contributed by atoms with van der Waals surface area (Å²) in [5.74, 6) is 0.308. The van der Waals surface area contributed by atoms with Gasteiger partial charge in [-0.3, -0.25) is 9.36 Å². The van der Waals surface area contributed by atoms with E-state index in [1.807, 2.05) is 31.2 Å². The molecule has 1 heterocycles. The van der Waals surface area contributed by atoms with E-state index in [1.54, 1.807) is 4.57 Å². The number of rotatable bonds is 6. The Morgan fingerprint density at radius 2 is 1.85 bits per heavy atom. The van der Waals surface area contributed by atoms with Crippen molar-refractivity contribution in [3.8, 4) is 6.07 Å². The van der Waals surface area contributed by atoms with Crippen molar-refractivity contribution in [2.45, 2.75) is 44.1 Å². The molecule has 0 aliphatic heterocycles. The third kappa shape index (κ3) is 4.58. The van der Waals surface area contributed by atoms with E-state index in [2.05, 4.69) is 44.2 Å². The van der Waals surface area contributed by atoms with Crippen LogP contribution in [0.25, 0.3) is 10.9 Å². The molecule has 0 N–H and O–H groups in total. The number of para-hydroxylation sites is 1. The van der Waals surface area contributed by atoms with Crippen LogP contribution in [-0.2, 0) is 13.0 Å². The zero-order valence-corrected chi connectivity index (χ0v) is 16.7. The van der Waals surface area contributed by atoms with E-state index in [9.17, 15) is 10.1 Å². The molecule has 0 unspecified atom stereocenters. The van der Waals surface area contributed by atoms with Gasteiger partial charge >= 0.3 is 0 Å². The average Bonchev–Trinajstić information content (AvgIpc) is 2.65. The summed E-state index contributed by atoms with van der Waals surface area (Å²) in [6.45, 7) is 6.78. The minimum Gasteiger partial charge on any atom is -0.287 e. The van der Waals surface area contributed by atoms with Gasteiger partial charge in [-0.15, -0.1) is 0 Å². The van der Waals surface area contributed by atoms with E-state index >= 15 is 0 Å². The van der Waals surface area contributed by atoms with Crippen LogP contribution in [0.1, 0.15) is 25.0 Å². The van der Waals surface area contributed by atoms with Crippen LogP contribution in [0.2, 0.25) is 0 Å². The summed E-state index contributed by atoms with van der Waals surface area (Å²) in [6.07, 6.45) is 0.617. The molecular weight excluding hydrogens is 354 g/mol. The molecule has 1 aromatic heterocycles. The van der Waals surface area contributed by atoms with E-state index in [1.165, 1.54) is 17.3 Å². The zero-order chi connectivity index (χ0) is 19.4. The Balaban J connectivity index is 1.97. The molecule has 3 aromatic rings. The molecule has 0 bridgehead atoms. The second-order valence-electron chi connectivity index (χ2n) is 7.15. The Labute approximate surface area is 163 Å². The number of aromatic nitrogens is 2. The van der Waals surface area contributed by atoms with Gasteiger partial charge in [0.1, 0.15) is 5.25 Å². The molecule has 5 heteroatoms. The third-order valence-corrected chi connectivity index (χ3v) is 5.39. The number of hydrogen-bond donors (Lipinski definition) is 0. The van der Waals surface area contributed by atoms with Crippen molar-refractivity contribution in [3.63, 3.8) is 0 Å². The molecule has 2 aromatic carbocycles. The van der Waals surface area contributed by atoms with Crippen molar-refractivity contribution in [2.24, 2.45) is 5.92 Å². The minimum absolute atomic E-state index is 0.0381. The van der Waals surface area contributed by atoms with Crippen molar-refractivity contribution in [1.82, 2.24) is 9.55 Å². The number of nitriles is 1. The summed E-state index contributed by atoms with van der Waals surface area (Å²) in [4.78, 5) is 17.7. The third-order valence-electron chi connectivity index (χ3n) is 4.31. The first kappa shape index (κ1) is 19.2. The lowest BCUT2D eigenvalue weighted by molar-refractivity contribution is 0.475. The first-order valence-corrected chi connectivity index (χ1v) is 9.97. The van der Waals surface area contributed by atoms with Gasteiger partial charge in [0, 0.05) is 6.54 Å². The molecular formula is C22H23N3OS. The molecule has 0 saturated carbocycles. The van der Waals surface area contributed by atoms with Crippen molar-refractivity contribution < 1.29 is 0 Å². The van der Waals surface area contributed by atoms with Crippen molar-refractivity contribution in [2.75, 3.05) is 0 Å². The van der Waals surface area contributed by atoms with Crippen LogP contribution in [-0.4, -0.2) is 14.8 Å². The fraction of sp³-hybridized carbons (Fsp3) is 0.318. The lowest BCUT2D eigenvalue weighted by Gasteiger charge is -2.16. The lowest BCUT2D eigenvalue weighted by atomic mass is 10.1. The molecule has 0 aliphatic carbocycles. The summed E-state index contributed by atoms with van der Waals surface area (Å²) in [6, 6.07) is 18.0. The van der Waals surface area contributed by atoms with Crippen LogP contribution in [0.3, 0.4) is 0 Å². The van der Waals surface area contributed by atoms with Crippen molar-refractivity contribution >= 4 is 22.7 Å². The maximum absolute atomic E-state index is 13.0. The Kier molecular flexibility index (Phi) is 5.98. The normalized spacial score (nSPS) is 12.3. The number of nitrogens with zero attached hydrogens (tertiary/aromatic N) is 3. The second kappa shape index (κ2) is 8.41. The van der Waals surface area contributed by atoms with Gasteiger partial charge in [0.25, 0.3) is 5.56 Å². The molecule has 0 fully saturated rings. The number of thioether (sulfide) groups is 1. The van der Waals surface area contributed by atoms with Crippen LogP contribution in [0.4, 0.5) is 0 Å². The molecule has 0 radical (unpaired) electrons. The first-order chi connectivity index (χ1) is 13.0. The largest absolute Gasteiger partial charge is 0.287 e. The van der Waals surface area contributed by atoms with Gasteiger partial charge in [-0.25, -0.2) is 4.98 Å². The van der Waals surface area contributed by atoms with Gasteiger partial charge in [0.15, 0.2) is 5.16 Å². The van der Waals surface area contributed by atoms with Crippen LogP contribution < -0.4 is 5.56 Å². The molecule has 1 atom stereocenters. The molecule has 3 rings (SSSR count). The van der Waals surface area contributed by atoms with Gasteiger partial charge in [-0.05, 0) is 37.0 Å². The smallest absolute Gasteiger partial charge is 0.262 e. The van der Waals surface area contributed by atoms with Crippen LogP contribution in [0.5, 0.6) is 0 Å². The Morgan fingerprint density at radius 3 is 2.52 bits per heavy atom. The van der Waals surface area contributed by atoms with E-state index < -0.39 is 0 Å². The lowest BCUT2D eigenvalue weighted by Crippen LogP contribution is -2.26. The highest BCUT2D eigenvalue weighted by Crippen LogP contribution is 2.25. The highest BCUT2D eigenvalue weighted by atomic mass is 32.2. The molecule has 4 nitrogen and oxygen atoms in total. The quantitative estimate of drug-likeness (QED) is 0.466. The van der Waals surface area contributed by atoms with Crippen molar-refractivity contribution in [3.05, 3.63) is 70.0 Å². The maximum Gasteiger partial charge on any atom is 0.262 e. The predicted molar refractivity (Wildman–Crippen MR) is 111 cm³/mol. The summed E-state index contributed by atoms with van der Waals surface area (Å²) < 4.78 is 1.72. The molecule has 0 saturated heterocycles. The molecule has 0 spiro atoms. The van der Waals surface area contributed by atoms with Gasteiger partial charge in [-0.1, -0.05) is 67.6 Å². The number of benzene rings is 2. The van der Waals surface area contributed by atoms with E-state index in [-0.39, 0.29) is 10.8 Å². The average molecular weight is 378 g/mol. The fourth-order valence-corrected chi connectivity index (χ4v) is 3.96. The highest BCUT2D eigenvalue weighted by Gasteiger charge is 2.18. The monoisotopic (exact) mass is 377 g/mol. The van der Waals surface area contributed by atoms with E-state index in [0.717, 1.165) is 5.56 Å². The van der Waals surface area contributed by atoms with Crippen LogP contribution >= 0.6 is 11.8 Å². The Bertz CT molecular complexity index is 1030. The van der Waals surface area contributed by atoms with Crippen LogP contribution in [0, 0.1) is 24.2 Å². The molecule has 0 aliphatic rings. The van der Waals surface area contributed by atoms with Crippen molar-refractivity contribution in [1.29, 1.82) is 5.26 Å². The highest BCUT2D eigenvalue weighted by molar-refractivity contribution is 8.00. The fourth-order valence-electron chi connectivity index (χ4n) is 2.94. The summed E-state index contributed by atoms with van der Waals surface area (Å²) in [5.41, 5.74) is 2.95. The Morgan fingerprint density at radius 1 is 1.15 bits per heavy atom. The zero-order valence-electron chi connectivity index (χ0n) is 15.8. The molecule has 0 amide bonds. The molecule has 138 valence electrons. The first-order valence-electron chi connectivity index (χ1n) is 9.09. The Hall–Kier alpha value is -2.58. The summed E-state index contributed by atoms with van der Waals surface area (Å²) in [5, 5.41) is 10.6. The number of aryl methyl sites for hydroxylation is 1. The van der Waals surface area contributed by atoms with Gasteiger partial charge in [-0.2, -0.15) is 5.26 Å². The number of hydrogen-bond acceptors (Lipinski definition) is 4. The standard InChI is InChI=1S/C22H23N3OS/c1-15(2)14-25-21(26)19-6-4-5-7-20(19)24-22(25)27-18(13-23)12-17-10-8-16(3)9-11-17/h4-11,15,18H,12,14H2,1-3H3/t18-/m1/s1. The predicted octanol–water partition coefficient (Wildman–Crippen LogP) is 4.59. The maximum atomic E-state index is 13.0. The second-order valence-corrected chi connectivity index (χ2v) is 8.32. The molecule has 27 heavy (non-hydrogen) atoms. The van der Waals surface area contributed by atoms with Gasteiger partial charge in [0.05, 0.1) is 17.0 Å². The van der Waals surface area contributed by atoms with Gasteiger partial charge < -0.3 is 0 Å². The van der Waals surface area contributed by atoms with Gasteiger partial charge in [0.2, 0.25) is 0 Å². The van der Waals surface area contributed by atoms with Crippen LogP contribution in [0.15, 0.2) is 58.5 Å². The summed E-state index contributed by atoms with van der Waals surface area (Å²) >= 11 is 1.38. The minimum atomic E-state index is -0.306. The van der Waals surface area contributed by atoms with E-state index in [4.69, 9.17) is 4.98 Å². The summed E-state index contributed by atoms with van der Waals surface area (Å²) in [7, 11) is 0. The number of fused-ring (bicyclic) bond motifs is 1. The van der Waals surface area contributed by atoms with E-state index in [0.29, 0.717) is 34.9 Å². The topological polar surface area (TPSA) is 58.7 Å².